The van der Waals surface area contributed by atoms with Crippen molar-refractivity contribution < 1.29 is 14.6 Å². The number of aromatic nitrogens is 1. The van der Waals surface area contributed by atoms with Gasteiger partial charge < -0.3 is 9.84 Å². The van der Waals surface area contributed by atoms with Crippen molar-refractivity contribution in [3.05, 3.63) is 34.8 Å². The summed E-state index contributed by atoms with van der Waals surface area (Å²) in [6, 6.07) is 7.63. The zero-order valence-corrected chi connectivity index (χ0v) is 13.1. The Hall–Kier alpha value is -1.88. The third-order valence-corrected chi connectivity index (χ3v) is 4.09. The van der Waals surface area contributed by atoms with Crippen molar-refractivity contribution in [1.82, 2.24) is 4.98 Å². The molecule has 0 amide bonds. The van der Waals surface area contributed by atoms with Gasteiger partial charge in [0.2, 0.25) is 0 Å². The lowest BCUT2D eigenvalue weighted by molar-refractivity contribution is 0.0700. The summed E-state index contributed by atoms with van der Waals surface area (Å²) in [6.07, 6.45) is 2.54. The maximum absolute atomic E-state index is 11.3. The molecule has 0 fully saturated rings. The van der Waals surface area contributed by atoms with E-state index in [-0.39, 0.29) is 0 Å². The second kappa shape index (κ2) is 7.22. The molecule has 4 nitrogen and oxygen atoms in total. The molecule has 0 aliphatic heterocycles. The molecule has 0 saturated carbocycles. The third kappa shape index (κ3) is 3.82. The van der Waals surface area contributed by atoms with Crippen molar-refractivity contribution >= 4 is 17.3 Å². The van der Waals surface area contributed by atoms with E-state index in [2.05, 4.69) is 11.9 Å². The molecule has 0 unspecified atom stereocenters. The number of aryl methyl sites for hydroxylation is 1. The Morgan fingerprint density at radius 2 is 1.95 bits per heavy atom. The standard InChI is InChI=1S/C16H19NO3S/c1-3-5-13-14(16(18)19)21-15(17-13)11-6-8-12(9-7-11)20-10-4-2/h6-9H,3-5,10H2,1-2H3,(H,18,19). The minimum Gasteiger partial charge on any atom is -0.494 e. The van der Waals surface area contributed by atoms with E-state index in [9.17, 15) is 9.90 Å². The second-order valence-corrected chi connectivity index (χ2v) is 5.72. The predicted octanol–water partition coefficient (Wildman–Crippen LogP) is 4.25. The summed E-state index contributed by atoms with van der Waals surface area (Å²) in [6.45, 7) is 4.78. The molecule has 1 aromatic heterocycles. The number of hydrogen-bond donors (Lipinski definition) is 1. The number of benzene rings is 1. The highest BCUT2D eigenvalue weighted by Gasteiger charge is 2.17. The molecule has 0 aliphatic carbocycles. The van der Waals surface area contributed by atoms with Crippen LogP contribution < -0.4 is 4.74 Å². The zero-order chi connectivity index (χ0) is 15.2. The number of thiazole rings is 1. The molecular formula is C16H19NO3S. The minimum atomic E-state index is -0.898. The maximum Gasteiger partial charge on any atom is 0.347 e. The second-order valence-electron chi connectivity index (χ2n) is 4.72. The Balaban J connectivity index is 2.25. The van der Waals surface area contributed by atoms with Crippen molar-refractivity contribution in [2.75, 3.05) is 6.61 Å². The third-order valence-electron chi connectivity index (χ3n) is 2.95. The number of ether oxygens (including phenoxy) is 1. The molecule has 0 aliphatic rings. The molecule has 2 rings (SSSR count). The van der Waals surface area contributed by atoms with E-state index >= 15 is 0 Å². The highest BCUT2D eigenvalue weighted by molar-refractivity contribution is 7.17. The SMILES string of the molecule is CCCOc1ccc(-c2nc(CCC)c(C(=O)O)s2)cc1. The summed E-state index contributed by atoms with van der Waals surface area (Å²) < 4.78 is 5.54. The van der Waals surface area contributed by atoms with Gasteiger partial charge in [-0.25, -0.2) is 9.78 Å². The van der Waals surface area contributed by atoms with Crippen LogP contribution in [0, 0.1) is 0 Å². The van der Waals surface area contributed by atoms with Gasteiger partial charge in [0.25, 0.3) is 0 Å². The summed E-state index contributed by atoms with van der Waals surface area (Å²) >= 11 is 1.23. The van der Waals surface area contributed by atoms with Crippen LogP contribution >= 0.6 is 11.3 Å². The van der Waals surface area contributed by atoms with Crippen LogP contribution in [0.15, 0.2) is 24.3 Å². The fourth-order valence-electron chi connectivity index (χ4n) is 1.96. The molecule has 1 aromatic carbocycles. The van der Waals surface area contributed by atoms with Gasteiger partial charge in [-0.1, -0.05) is 20.3 Å². The topological polar surface area (TPSA) is 59.4 Å². The van der Waals surface area contributed by atoms with Crippen LogP contribution in [0.3, 0.4) is 0 Å². The van der Waals surface area contributed by atoms with Gasteiger partial charge in [0.1, 0.15) is 15.6 Å². The van der Waals surface area contributed by atoms with E-state index in [1.807, 2.05) is 31.2 Å². The Bertz CT molecular complexity index is 604. The zero-order valence-electron chi connectivity index (χ0n) is 12.3. The lowest BCUT2D eigenvalue weighted by Gasteiger charge is -2.04. The van der Waals surface area contributed by atoms with Gasteiger partial charge in [-0.15, -0.1) is 11.3 Å². The fraction of sp³-hybridized carbons (Fsp3) is 0.375. The number of hydrogen-bond acceptors (Lipinski definition) is 4. The smallest absolute Gasteiger partial charge is 0.347 e. The number of nitrogens with zero attached hydrogens (tertiary/aromatic N) is 1. The van der Waals surface area contributed by atoms with Crippen LogP contribution in [0.1, 0.15) is 42.1 Å². The summed E-state index contributed by atoms with van der Waals surface area (Å²) in [5.74, 6) is -0.0745. The monoisotopic (exact) mass is 305 g/mol. The van der Waals surface area contributed by atoms with Crippen molar-refractivity contribution in [3.63, 3.8) is 0 Å². The maximum atomic E-state index is 11.3. The first-order valence-electron chi connectivity index (χ1n) is 7.12. The normalized spacial score (nSPS) is 10.6. The first-order chi connectivity index (χ1) is 10.2. The van der Waals surface area contributed by atoms with Crippen molar-refractivity contribution in [2.45, 2.75) is 33.1 Å². The predicted molar refractivity (Wildman–Crippen MR) is 84.3 cm³/mol. The quantitative estimate of drug-likeness (QED) is 0.830. The fourth-order valence-corrected chi connectivity index (χ4v) is 2.92. The molecule has 0 spiro atoms. The van der Waals surface area contributed by atoms with E-state index < -0.39 is 5.97 Å². The molecule has 1 heterocycles. The molecule has 21 heavy (non-hydrogen) atoms. The first kappa shape index (κ1) is 15.5. The molecule has 0 saturated heterocycles. The number of carboxylic acid groups (broad SMARTS) is 1. The largest absolute Gasteiger partial charge is 0.494 e. The van der Waals surface area contributed by atoms with Gasteiger partial charge >= 0.3 is 5.97 Å². The Kier molecular flexibility index (Phi) is 5.33. The summed E-state index contributed by atoms with van der Waals surface area (Å²) in [7, 11) is 0. The van der Waals surface area contributed by atoms with Gasteiger partial charge in [0, 0.05) is 5.56 Å². The number of rotatable bonds is 7. The van der Waals surface area contributed by atoms with Gasteiger partial charge in [-0.2, -0.15) is 0 Å². The highest BCUT2D eigenvalue weighted by Crippen LogP contribution is 2.30. The van der Waals surface area contributed by atoms with E-state index in [0.29, 0.717) is 23.6 Å². The van der Waals surface area contributed by atoms with Crippen molar-refractivity contribution in [1.29, 1.82) is 0 Å². The van der Waals surface area contributed by atoms with Crippen molar-refractivity contribution in [2.24, 2.45) is 0 Å². The van der Waals surface area contributed by atoms with Gasteiger partial charge in [-0.3, -0.25) is 0 Å². The molecule has 0 atom stereocenters. The average Bonchev–Trinajstić information content (AvgIpc) is 2.90. The summed E-state index contributed by atoms with van der Waals surface area (Å²) in [5, 5.41) is 9.99. The Labute approximate surface area is 128 Å². The molecule has 112 valence electrons. The number of aromatic carboxylic acids is 1. The molecule has 1 N–H and O–H groups in total. The Morgan fingerprint density at radius 1 is 1.24 bits per heavy atom. The van der Waals surface area contributed by atoms with Gasteiger partial charge in [-0.05, 0) is 37.1 Å². The summed E-state index contributed by atoms with van der Waals surface area (Å²) in [5.41, 5.74) is 1.60. The van der Waals surface area contributed by atoms with Crippen LogP contribution in [0.25, 0.3) is 10.6 Å². The first-order valence-corrected chi connectivity index (χ1v) is 7.93. The number of carboxylic acids is 1. The van der Waals surface area contributed by atoms with E-state index in [1.54, 1.807) is 0 Å². The van der Waals surface area contributed by atoms with Crippen LogP contribution in [0.2, 0.25) is 0 Å². The molecule has 0 bridgehead atoms. The van der Waals surface area contributed by atoms with E-state index in [4.69, 9.17) is 4.74 Å². The molecule has 0 radical (unpaired) electrons. The summed E-state index contributed by atoms with van der Waals surface area (Å²) in [4.78, 5) is 16.1. The lowest BCUT2D eigenvalue weighted by Crippen LogP contribution is -1.98. The lowest BCUT2D eigenvalue weighted by atomic mass is 10.2. The highest BCUT2D eigenvalue weighted by atomic mass is 32.1. The van der Waals surface area contributed by atoms with E-state index in [1.165, 1.54) is 11.3 Å². The van der Waals surface area contributed by atoms with E-state index in [0.717, 1.165) is 29.2 Å². The minimum absolute atomic E-state index is 0.346. The van der Waals surface area contributed by atoms with Crippen molar-refractivity contribution in [3.8, 4) is 16.3 Å². The molecular weight excluding hydrogens is 286 g/mol. The van der Waals surface area contributed by atoms with Gasteiger partial charge in [0.05, 0.1) is 12.3 Å². The van der Waals surface area contributed by atoms with Gasteiger partial charge in [0.15, 0.2) is 0 Å². The van der Waals surface area contributed by atoms with Crippen LogP contribution in [0.4, 0.5) is 0 Å². The Morgan fingerprint density at radius 3 is 2.52 bits per heavy atom. The van der Waals surface area contributed by atoms with Crippen LogP contribution in [0.5, 0.6) is 5.75 Å². The van der Waals surface area contributed by atoms with Crippen LogP contribution in [-0.4, -0.2) is 22.7 Å². The molecule has 5 heteroatoms. The average molecular weight is 305 g/mol. The van der Waals surface area contributed by atoms with Crippen LogP contribution in [-0.2, 0) is 6.42 Å². The molecule has 2 aromatic rings. The number of carbonyl (C=O) groups is 1.